The second-order valence-corrected chi connectivity index (χ2v) is 6.44. The lowest BCUT2D eigenvalue weighted by atomic mass is 9.98. The van der Waals surface area contributed by atoms with Crippen molar-refractivity contribution in [3.8, 4) is 0 Å². The average Bonchev–Trinajstić information content (AvgIpc) is 2.60. The van der Waals surface area contributed by atoms with Crippen LogP contribution in [0.1, 0.15) is 34.0 Å². The summed E-state index contributed by atoms with van der Waals surface area (Å²) in [6.07, 6.45) is 4.17. The Labute approximate surface area is 148 Å². The zero-order valence-electron chi connectivity index (χ0n) is 14.6. The molecule has 0 fully saturated rings. The molecule has 128 valence electrons. The largest absolute Gasteiger partial charge is 0.322 e. The molecule has 3 rings (SSSR count). The van der Waals surface area contributed by atoms with Crippen LogP contribution in [0.25, 0.3) is 6.08 Å². The predicted octanol–water partition coefficient (Wildman–Crippen LogP) is 3.53. The van der Waals surface area contributed by atoms with Crippen molar-refractivity contribution in [1.82, 2.24) is 4.90 Å². The van der Waals surface area contributed by atoms with Gasteiger partial charge in [0.1, 0.15) is 0 Å². The Bertz CT molecular complexity index is 840. The molecular weight excluding hydrogens is 312 g/mol. The highest BCUT2D eigenvalue weighted by atomic mass is 16.1. The molecule has 0 unspecified atom stereocenters. The summed E-state index contributed by atoms with van der Waals surface area (Å²) < 4.78 is 0. The minimum Gasteiger partial charge on any atom is -0.322 e. The van der Waals surface area contributed by atoms with Gasteiger partial charge < -0.3 is 10.2 Å². The minimum absolute atomic E-state index is 0.0144. The first-order valence-corrected chi connectivity index (χ1v) is 8.42. The van der Waals surface area contributed by atoms with Crippen LogP contribution in [-0.4, -0.2) is 30.2 Å². The molecule has 0 saturated heterocycles. The normalized spacial score (nSPS) is 14.3. The Kier molecular flexibility index (Phi) is 5.10. The number of rotatable bonds is 4. The van der Waals surface area contributed by atoms with Crippen molar-refractivity contribution in [1.29, 1.82) is 0 Å². The standard InChI is InChI=1S/C21H22N2O2/c1-15(24)17-6-3-5-16(13-17)9-10-21(25)22-20-8-4-7-18-14-23(2)12-11-19(18)20/h3-10,13H,11-12,14H2,1-2H3,(H,22,25). The van der Waals surface area contributed by atoms with Gasteiger partial charge in [0.2, 0.25) is 5.91 Å². The molecule has 1 amide bonds. The van der Waals surface area contributed by atoms with Crippen LogP contribution in [0.3, 0.4) is 0 Å². The molecular formula is C21H22N2O2. The molecule has 0 radical (unpaired) electrons. The Morgan fingerprint density at radius 3 is 2.76 bits per heavy atom. The number of carbonyl (C=O) groups excluding carboxylic acids is 2. The lowest BCUT2D eigenvalue weighted by molar-refractivity contribution is -0.111. The number of hydrogen-bond donors (Lipinski definition) is 1. The Morgan fingerprint density at radius 2 is 1.96 bits per heavy atom. The quantitative estimate of drug-likeness (QED) is 0.687. The van der Waals surface area contributed by atoms with Gasteiger partial charge in [0.15, 0.2) is 5.78 Å². The van der Waals surface area contributed by atoms with Crippen LogP contribution in [0.5, 0.6) is 0 Å². The monoisotopic (exact) mass is 334 g/mol. The number of fused-ring (bicyclic) bond motifs is 1. The van der Waals surface area contributed by atoms with Gasteiger partial charge in [-0.2, -0.15) is 0 Å². The summed E-state index contributed by atoms with van der Waals surface area (Å²) in [7, 11) is 2.10. The molecule has 4 heteroatoms. The molecule has 0 bridgehead atoms. The topological polar surface area (TPSA) is 49.4 Å². The van der Waals surface area contributed by atoms with Gasteiger partial charge >= 0.3 is 0 Å². The van der Waals surface area contributed by atoms with Crippen molar-refractivity contribution in [3.05, 3.63) is 70.8 Å². The van der Waals surface area contributed by atoms with Crippen LogP contribution in [0.4, 0.5) is 5.69 Å². The lowest BCUT2D eigenvalue weighted by Crippen LogP contribution is -2.27. The summed E-state index contributed by atoms with van der Waals surface area (Å²) in [5, 5.41) is 2.98. The number of hydrogen-bond acceptors (Lipinski definition) is 3. The molecule has 0 atom stereocenters. The zero-order chi connectivity index (χ0) is 17.8. The second kappa shape index (κ2) is 7.45. The van der Waals surface area contributed by atoms with Gasteiger partial charge in [-0.1, -0.05) is 30.3 Å². The van der Waals surface area contributed by atoms with E-state index >= 15 is 0 Å². The van der Waals surface area contributed by atoms with Crippen LogP contribution in [0.2, 0.25) is 0 Å². The maximum atomic E-state index is 12.3. The fourth-order valence-electron chi connectivity index (χ4n) is 3.08. The van der Waals surface area contributed by atoms with Crippen molar-refractivity contribution >= 4 is 23.5 Å². The minimum atomic E-state index is -0.166. The second-order valence-electron chi connectivity index (χ2n) is 6.44. The van der Waals surface area contributed by atoms with Crippen LogP contribution in [-0.2, 0) is 17.8 Å². The van der Waals surface area contributed by atoms with Crippen LogP contribution in [0.15, 0.2) is 48.5 Å². The van der Waals surface area contributed by atoms with Gasteiger partial charge in [-0.25, -0.2) is 0 Å². The van der Waals surface area contributed by atoms with Gasteiger partial charge in [0.25, 0.3) is 0 Å². The van der Waals surface area contributed by atoms with E-state index in [1.807, 2.05) is 24.3 Å². The van der Waals surface area contributed by atoms with Gasteiger partial charge in [-0.15, -0.1) is 0 Å². The number of amides is 1. The molecule has 0 aliphatic carbocycles. The van der Waals surface area contributed by atoms with E-state index in [1.165, 1.54) is 24.1 Å². The van der Waals surface area contributed by atoms with E-state index in [-0.39, 0.29) is 11.7 Å². The van der Waals surface area contributed by atoms with E-state index in [4.69, 9.17) is 0 Å². The molecule has 1 aliphatic heterocycles. The van der Waals surface area contributed by atoms with Crippen molar-refractivity contribution in [2.45, 2.75) is 19.9 Å². The smallest absolute Gasteiger partial charge is 0.248 e. The molecule has 4 nitrogen and oxygen atoms in total. The molecule has 2 aromatic carbocycles. The van der Waals surface area contributed by atoms with Crippen molar-refractivity contribution in [2.24, 2.45) is 0 Å². The maximum Gasteiger partial charge on any atom is 0.248 e. The molecule has 0 aromatic heterocycles. The third-order valence-corrected chi connectivity index (χ3v) is 4.44. The fourth-order valence-corrected chi connectivity index (χ4v) is 3.08. The van der Waals surface area contributed by atoms with E-state index in [0.29, 0.717) is 5.56 Å². The van der Waals surface area contributed by atoms with E-state index in [0.717, 1.165) is 30.8 Å². The summed E-state index contributed by atoms with van der Waals surface area (Å²) in [6.45, 7) is 3.44. The summed E-state index contributed by atoms with van der Waals surface area (Å²) in [4.78, 5) is 26.0. The number of ketones is 1. The summed E-state index contributed by atoms with van der Waals surface area (Å²) in [5.74, 6) is -0.152. The Morgan fingerprint density at radius 1 is 1.16 bits per heavy atom. The van der Waals surface area contributed by atoms with Crippen LogP contribution < -0.4 is 5.32 Å². The molecule has 1 aliphatic rings. The average molecular weight is 334 g/mol. The number of likely N-dealkylation sites (N-methyl/N-ethyl adjacent to an activating group) is 1. The SMILES string of the molecule is CC(=O)c1cccc(C=CC(=O)Nc2cccc3c2CCN(C)C3)c1. The Hall–Kier alpha value is -2.72. The Balaban J connectivity index is 1.72. The van der Waals surface area contributed by atoms with E-state index in [9.17, 15) is 9.59 Å². The third-order valence-electron chi connectivity index (χ3n) is 4.44. The van der Waals surface area contributed by atoms with Crippen molar-refractivity contribution in [3.63, 3.8) is 0 Å². The third kappa shape index (κ3) is 4.22. The highest BCUT2D eigenvalue weighted by Crippen LogP contribution is 2.25. The molecule has 2 aromatic rings. The molecule has 25 heavy (non-hydrogen) atoms. The first kappa shape index (κ1) is 17.1. The molecule has 1 N–H and O–H groups in total. The van der Waals surface area contributed by atoms with Crippen molar-refractivity contribution < 1.29 is 9.59 Å². The summed E-state index contributed by atoms with van der Waals surface area (Å²) in [6, 6.07) is 13.3. The number of Topliss-reactive ketones (excluding diaryl/α,β-unsaturated/α-hetero) is 1. The van der Waals surface area contributed by atoms with Gasteiger partial charge in [-0.3, -0.25) is 9.59 Å². The fraction of sp³-hybridized carbons (Fsp3) is 0.238. The van der Waals surface area contributed by atoms with Gasteiger partial charge in [-0.05, 0) is 55.3 Å². The summed E-state index contributed by atoms with van der Waals surface area (Å²) in [5.41, 5.74) is 4.85. The highest BCUT2D eigenvalue weighted by Gasteiger charge is 2.16. The first-order chi connectivity index (χ1) is 12.0. The zero-order valence-corrected chi connectivity index (χ0v) is 14.6. The van der Waals surface area contributed by atoms with E-state index in [2.05, 4.69) is 23.3 Å². The van der Waals surface area contributed by atoms with Crippen LogP contribution in [0, 0.1) is 0 Å². The van der Waals surface area contributed by atoms with Gasteiger partial charge in [0.05, 0.1) is 0 Å². The number of benzene rings is 2. The maximum absolute atomic E-state index is 12.3. The van der Waals surface area contributed by atoms with E-state index in [1.54, 1.807) is 18.2 Å². The van der Waals surface area contributed by atoms with Gasteiger partial charge in [0, 0.05) is 30.4 Å². The number of nitrogens with one attached hydrogen (secondary N) is 1. The summed E-state index contributed by atoms with van der Waals surface area (Å²) >= 11 is 0. The highest BCUT2D eigenvalue weighted by molar-refractivity contribution is 6.02. The molecule has 1 heterocycles. The first-order valence-electron chi connectivity index (χ1n) is 8.42. The van der Waals surface area contributed by atoms with E-state index < -0.39 is 0 Å². The number of carbonyl (C=O) groups is 2. The number of anilines is 1. The van der Waals surface area contributed by atoms with Crippen molar-refractivity contribution in [2.75, 3.05) is 18.9 Å². The predicted molar refractivity (Wildman–Crippen MR) is 101 cm³/mol. The molecule has 0 saturated carbocycles. The lowest BCUT2D eigenvalue weighted by Gasteiger charge is -2.26. The number of nitrogens with zero attached hydrogens (tertiary/aromatic N) is 1. The molecule has 0 spiro atoms. The van der Waals surface area contributed by atoms with Crippen LogP contribution >= 0.6 is 0 Å².